The molecule has 1 aliphatic heterocycles. The maximum absolute atomic E-state index is 13.1. The standard InChI is InChI=1S/C10H10F2O3/c11-10(12,6-13)9-5-14-7-3-1-2-4-8(7)15-9/h1-4,9,13H,5-6H2. The largest absolute Gasteiger partial charge is 0.486 e. The Kier molecular flexibility index (Phi) is 2.48. The second kappa shape index (κ2) is 3.66. The van der Waals surface area contributed by atoms with Crippen LogP contribution in [0.25, 0.3) is 0 Å². The number of alkyl halides is 2. The van der Waals surface area contributed by atoms with Crippen molar-refractivity contribution in [2.45, 2.75) is 12.0 Å². The molecular weight excluding hydrogens is 206 g/mol. The molecule has 1 aromatic rings. The Morgan fingerprint density at radius 1 is 1.33 bits per heavy atom. The third-order valence-electron chi connectivity index (χ3n) is 2.19. The molecule has 5 heteroatoms. The second-order valence-corrected chi connectivity index (χ2v) is 3.28. The van der Waals surface area contributed by atoms with Gasteiger partial charge >= 0.3 is 5.92 Å². The third-order valence-corrected chi connectivity index (χ3v) is 2.19. The lowest BCUT2D eigenvalue weighted by molar-refractivity contribution is -0.143. The van der Waals surface area contributed by atoms with Gasteiger partial charge in [0.1, 0.15) is 13.2 Å². The van der Waals surface area contributed by atoms with Gasteiger partial charge in [0.2, 0.25) is 0 Å². The average Bonchev–Trinajstić information content (AvgIpc) is 2.28. The van der Waals surface area contributed by atoms with E-state index in [1.54, 1.807) is 24.3 Å². The van der Waals surface area contributed by atoms with E-state index >= 15 is 0 Å². The molecule has 1 atom stereocenters. The van der Waals surface area contributed by atoms with E-state index in [1.165, 1.54) is 0 Å². The van der Waals surface area contributed by atoms with Crippen molar-refractivity contribution in [3.05, 3.63) is 24.3 Å². The Hall–Kier alpha value is -1.36. The highest BCUT2D eigenvalue weighted by Crippen LogP contribution is 2.34. The lowest BCUT2D eigenvalue weighted by atomic mass is 10.2. The van der Waals surface area contributed by atoms with Crippen LogP contribution in [-0.4, -0.2) is 30.3 Å². The SMILES string of the molecule is OCC(F)(F)C1COc2ccccc2O1. The van der Waals surface area contributed by atoms with Crippen LogP contribution < -0.4 is 9.47 Å². The average molecular weight is 216 g/mol. The van der Waals surface area contributed by atoms with Crippen molar-refractivity contribution in [3.63, 3.8) is 0 Å². The Morgan fingerprint density at radius 2 is 2.00 bits per heavy atom. The monoisotopic (exact) mass is 216 g/mol. The van der Waals surface area contributed by atoms with Crippen molar-refractivity contribution in [3.8, 4) is 11.5 Å². The molecule has 1 heterocycles. The van der Waals surface area contributed by atoms with Crippen LogP contribution in [0, 0.1) is 0 Å². The fraction of sp³-hybridized carbons (Fsp3) is 0.400. The molecule has 1 aliphatic rings. The Bertz CT molecular complexity index is 354. The topological polar surface area (TPSA) is 38.7 Å². The van der Waals surface area contributed by atoms with Gasteiger partial charge in [0, 0.05) is 0 Å². The summed E-state index contributed by atoms with van der Waals surface area (Å²) in [4.78, 5) is 0. The molecule has 0 saturated heterocycles. The van der Waals surface area contributed by atoms with Crippen LogP contribution >= 0.6 is 0 Å². The predicted molar refractivity (Wildman–Crippen MR) is 48.4 cm³/mol. The number of fused-ring (bicyclic) bond motifs is 1. The molecule has 0 aromatic heterocycles. The summed E-state index contributed by atoms with van der Waals surface area (Å²) in [5.74, 6) is -2.56. The van der Waals surface area contributed by atoms with Crippen LogP contribution in [0.1, 0.15) is 0 Å². The lowest BCUT2D eigenvalue weighted by Gasteiger charge is -2.30. The first-order valence-electron chi connectivity index (χ1n) is 4.50. The number of hydrogen-bond donors (Lipinski definition) is 1. The van der Waals surface area contributed by atoms with E-state index in [0.29, 0.717) is 5.75 Å². The number of rotatable bonds is 2. The van der Waals surface area contributed by atoms with Gasteiger partial charge in [0.15, 0.2) is 17.6 Å². The zero-order chi connectivity index (χ0) is 10.9. The smallest absolute Gasteiger partial charge is 0.309 e. The van der Waals surface area contributed by atoms with Crippen LogP contribution in [0.15, 0.2) is 24.3 Å². The number of halogens is 2. The van der Waals surface area contributed by atoms with E-state index < -0.39 is 18.6 Å². The van der Waals surface area contributed by atoms with Gasteiger partial charge in [-0.25, -0.2) is 0 Å². The minimum absolute atomic E-state index is 0.259. The normalized spacial score (nSPS) is 20.1. The van der Waals surface area contributed by atoms with E-state index in [9.17, 15) is 8.78 Å². The van der Waals surface area contributed by atoms with Gasteiger partial charge < -0.3 is 14.6 Å². The zero-order valence-corrected chi connectivity index (χ0v) is 7.82. The fourth-order valence-electron chi connectivity index (χ4n) is 1.33. The van der Waals surface area contributed by atoms with Crippen LogP contribution in [0.5, 0.6) is 11.5 Å². The molecule has 0 radical (unpaired) electrons. The highest BCUT2D eigenvalue weighted by molar-refractivity contribution is 5.40. The summed E-state index contributed by atoms with van der Waals surface area (Å²) in [5.41, 5.74) is 0. The summed E-state index contributed by atoms with van der Waals surface area (Å²) in [7, 11) is 0. The van der Waals surface area contributed by atoms with Gasteiger partial charge in [-0.1, -0.05) is 12.1 Å². The molecule has 2 rings (SSSR count). The molecule has 0 aliphatic carbocycles. The summed E-state index contributed by atoms with van der Waals surface area (Å²) in [6.07, 6.45) is -1.43. The Balaban J connectivity index is 2.19. The van der Waals surface area contributed by atoms with Gasteiger partial charge in [-0.2, -0.15) is 8.78 Å². The van der Waals surface area contributed by atoms with Crippen molar-refractivity contribution in [2.75, 3.05) is 13.2 Å². The summed E-state index contributed by atoms with van der Waals surface area (Å²) in [5, 5.41) is 8.51. The van der Waals surface area contributed by atoms with Gasteiger partial charge in [-0.3, -0.25) is 0 Å². The maximum Gasteiger partial charge on any atom is 0.309 e. The molecule has 0 bridgehead atoms. The van der Waals surface area contributed by atoms with E-state index in [0.717, 1.165) is 0 Å². The maximum atomic E-state index is 13.1. The second-order valence-electron chi connectivity index (χ2n) is 3.28. The van der Waals surface area contributed by atoms with Crippen molar-refractivity contribution in [1.29, 1.82) is 0 Å². The van der Waals surface area contributed by atoms with Gasteiger partial charge in [0.05, 0.1) is 0 Å². The summed E-state index contributed by atoms with van der Waals surface area (Å²) in [6, 6.07) is 6.59. The van der Waals surface area contributed by atoms with Crippen LogP contribution in [0.2, 0.25) is 0 Å². The number of aliphatic hydroxyl groups is 1. The molecule has 0 amide bonds. The molecule has 82 valence electrons. The van der Waals surface area contributed by atoms with Crippen molar-refractivity contribution in [2.24, 2.45) is 0 Å². The number of para-hydroxylation sites is 2. The fourth-order valence-corrected chi connectivity index (χ4v) is 1.33. The molecular formula is C10H10F2O3. The summed E-state index contributed by atoms with van der Waals surface area (Å²) >= 11 is 0. The highest BCUT2D eigenvalue weighted by atomic mass is 19.3. The molecule has 1 unspecified atom stereocenters. The van der Waals surface area contributed by atoms with Crippen LogP contribution in [0.3, 0.4) is 0 Å². The molecule has 0 saturated carbocycles. The van der Waals surface area contributed by atoms with Crippen LogP contribution in [-0.2, 0) is 0 Å². The number of hydrogen-bond acceptors (Lipinski definition) is 3. The molecule has 0 fully saturated rings. The van der Waals surface area contributed by atoms with Gasteiger partial charge in [0.25, 0.3) is 0 Å². The van der Waals surface area contributed by atoms with Crippen molar-refractivity contribution >= 4 is 0 Å². The van der Waals surface area contributed by atoms with Gasteiger partial charge in [-0.05, 0) is 12.1 Å². The van der Waals surface area contributed by atoms with E-state index in [2.05, 4.69) is 0 Å². The lowest BCUT2D eigenvalue weighted by Crippen LogP contribution is -2.46. The Labute approximate surface area is 85.2 Å². The number of ether oxygens (including phenoxy) is 2. The number of benzene rings is 1. The highest BCUT2D eigenvalue weighted by Gasteiger charge is 2.43. The molecule has 3 nitrogen and oxygen atoms in total. The minimum atomic E-state index is -3.28. The molecule has 15 heavy (non-hydrogen) atoms. The van der Waals surface area contributed by atoms with Crippen LogP contribution in [0.4, 0.5) is 8.78 Å². The molecule has 0 spiro atoms. The first-order chi connectivity index (χ1) is 7.13. The quantitative estimate of drug-likeness (QED) is 0.813. The van der Waals surface area contributed by atoms with Crippen molar-refractivity contribution in [1.82, 2.24) is 0 Å². The molecule has 1 aromatic carbocycles. The van der Waals surface area contributed by atoms with Crippen molar-refractivity contribution < 1.29 is 23.4 Å². The first kappa shape index (κ1) is 10.2. The summed E-state index contributed by atoms with van der Waals surface area (Å²) in [6.45, 7) is -1.51. The predicted octanol–water partition coefficient (Wildman–Crippen LogP) is 1.45. The Morgan fingerprint density at radius 3 is 2.67 bits per heavy atom. The van der Waals surface area contributed by atoms with Gasteiger partial charge in [-0.15, -0.1) is 0 Å². The first-order valence-corrected chi connectivity index (χ1v) is 4.50. The third kappa shape index (κ3) is 1.87. The summed E-state index contributed by atoms with van der Waals surface area (Å²) < 4.78 is 36.3. The zero-order valence-electron chi connectivity index (χ0n) is 7.82. The van der Waals surface area contributed by atoms with E-state index in [-0.39, 0.29) is 12.4 Å². The number of aliphatic hydroxyl groups excluding tert-OH is 1. The van der Waals surface area contributed by atoms with E-state index in [4.69, 9.17) is 14.6 Å². The van der Waals surface area contributed by atoms with E-state index in [1.807, 2.05) is 0 Å². The molecule has 1 N–H and O–H groups in total. The minimum Gasteiger partial charge on any atom is -0.486 e.